The third-order valence-electron chi connectivity index (χ3n) is 3.04. The molecule has 0 fully saturated rings. The smallest absolute Gasteiger partial charge is 0.263 e. The van der Waals surface area contributed by atoms with Crippen LogP contribution in [0, 0.1) is 13.8 Å². The van der Waals surface area contributed by atoms with Crippen molar-refractivity contribution < 1.29 is 13.2 Å². The largest absolute Gasteiger partial charge is 0.496 e. The lowest BCUT2D eigenvalue weighted by molar-refractivity contribution is 0.409. The third kappa shape index (κ3) is 3.36. The molecule has 21 heavy (non-hydrogen) atoms. The Morgan fingerprint density at radius 1 is 1.24 bits per heavy atom. The molecule has 7 heteroatoms. The highest BCUT2D eigenvalue weighted by Gasteiger charge is 2.18. The lowest BCUT2D eigenvalue weighted by atomic mass is 10.1. The molecule has 0 amide bonds. The standard InChI is InChI=1S/C14H15BrN2O3S/c1-9-4-5-13(10(2)14(9)20-3)17-21(18,19)12-6-11(15)7-16-8-12/h4-8,17H,1-3H3. The number of benzene rings is 1. The molecule has 5 nitrogen and oxygen atoms in total. The first-order valence-corrected chi connectivity index (χ1v) is 8.40. The number of anilines is 1. The number of halogens is 1. The molecule has 0 radical (unpaired) electrons. The molecular formula is C14H15BrN2O3S. The van der Waals surface area contributed by atoms with Crippen molar-refractivity contribution in [3.63, 3.8) is 0 Å². The summed E-state index contributed by atoms with van der Waals surface area (Å²) in [6.07, 6.45) is 2.83. The molecule has 0 saturated heterocycles. The first-order chi connectivity index (χ1) is 9.85. The lowest BCUT2D eigenvalue weighted by Crippen LogP contribution is -2.14. The van der Waals surface area contributed by atoms with Crippen molar-refractivity contribution in [3.05, 3.63) is 46.2 Å². The summed E-state index contributed by atoms with van der Waals surface area (Å²) in [5.41, 5.74) is 2.17. The van der Waals surface area contributed by atoms with Gasteiger partial charge in [-0.05, 0) is 47.5 Å². The highest BCUT2D eigenvalue weighted by Crippen LogP contribution is 2.30. The van der Waals surface area contributed by atoms with E-state index in [0.29, 0.717) is 15.9 Å². The van der Waals surface area contributed by atoms with Crippen LogP contribution in [0.4, 0.5) is 5.69 Å². The summed E-state index contributed by atoms with van der Waals surface area (Å²) in [7, 11) is -2.13. The normalized spacial score (nSPS) is 11.2. The number of sulfonamides is 1. The summed E-state index contributed by atoms with van der Waals surface area (Å²) in [6.45, 7) is 3.71. The predicted octanol–water partition coefficient (Wildman–Crippen LogP) is 3.27. The number of methoxy groups -OCH3 is 1. The van der Waals surface area contributed by atoms with E-state index in [9.17, 15) is 8.42 Å². The molecule has 0 unspecified atom stereocenters. The molecule has 0 spiro atoms. The number of ether oxygens (including phenoxy) is 1. The summed E-state index contributed by atoms with van der Waals surface area (Å²) in [4.78, 5) is 3.97. The molecule has 112 valence electrons. The summed E-state index contributed by atoms with van der Waals surface area (Å²) >= 11 is 3.21. The average Bonchev–Trinajstić information content (AvgIpc) is 2.43. The van der Waals surface area contributed by atoms with E-state index in [1.54, 1.807) is 13.2 Å². The topological polar surface area (TPSA) is 68.3 Å². The van der Waals surface area contributed by atoms with Crippen LogP contribution in [0.5, 0.6) is 5.75 Å². The van der Waals surface area contributed by atoms with Crippen LogP contribution >= 0.6 is 15.9 Å². The quantitative estimate of drug-likeness (QED) is 0.896. The zero-order valence-corrected chi connectivity index (χ0v) is 14.2. The molecule has 1 N–H and O–H groups in total. The maximum Gasteiger partial charge on any atom is 0.263 e. The monoisotopic (exact) mass is 370 g/mol. The Hall–Kier alpha value is -1.60. The van der Waals surface area contributed by atoms with Gasteiger partial charge in [0, 0.05) is 22.4 Å². The fourth-order valence-electron chi connectivity index (χ4n) is 1.99. The second-order valence-electron chi connectivity index (χ2n) is 4.53. The highest BCUT2D eigenvalue weighted by molar-refractivity contribution is 9.10. The molecule has 0 atom stereocenters. The Balaban J connectivity index is 2.42. The molecule has 0 aliphatic carbocycles. The van der Waals surface area contributed by atoms with E-state index in [0.717, 1.165) is 11.1 Å². The number of rotatable bonds is 4. The molecule has 1 heterocycles. The molecule has 2 aromatic rings. The second-order valence-corrected chi connectivity index (χ2v) is 7.13. The van der Waals surface area contributed by atoms with E-state index in [4.69, 9.17) is 4.74 Å². The third-order valence-corrected chi connectivity index (χ3v) is 4.81. The van der Waals surface area contributed by atoms with Crippen LogP contribution in [0.15, 0.2) is 40.0 Å². The number of nitrogens with zero attached hydrogens (tertiary/aromatic N) is 1. The fraction of sp³-hybridized carbons (Fsp3) is 0.214. The number of pyridine rings is 1. The lowest BCUT2D eigenvalue weighted by Gasteiger charge is -2.15. The minimum atomic E-state index is -3.69. The van der Waals surface area contributed by atoms with Gasteiger partial charge < -0.3 is 4.74 Å². The van der Waals surface area contributed by atoms with Gasteiger partial charge in [0.25, 0.3) is 10.0 Å². The van der Waals surface area contributed by atoms with E-state index in [-0.39, 0.29) is 4.90 Å². The van der Waals surface area contributed by atoms with Crippen LogP contribution in [0.2, 0.25) is 0 Å². The van der Waals surface area contributed by atoms with Crippen molar-refractivity contribution in [2.45, 2.75) is 18.7 Å². The van der Waals surface area contributed by atoms with E-state index in [2.05, 4.69) is 25.6 Å². The average molecular weight is 371 g/mol. The first-order valence-electron chi connectivity index (χ1n) is 6.12. The highest BCUT2D eigenvalue weighted by atomic mass is 79.9. The Bertz CT molecular complexity index is 776. The molecule has 0 saturated carbocycles. The van der Waals surface area contributed by atoms with Gasteiger partial charge in [0.1, 0.15) is 10.6 Å². The molecule has 1 aromatic carbocycles. The number of aryl methyl sites for hydroxylation is 1. The predicted molar refractivity (Wildman–Crippen MR) is 85.2 cm³/mol. The molecule has 0 aliphatic rings. The Morgan fingerprint density at radius 3 is 2.57 bits per heavy atom. The van der Waals surface area contributed by atoms with Crippen molar-refractivity contribution in [1.82, 2.24) is 4.98 Å². The van der Waals surface area contributed by atoms with Crippen molar-refractivity contribution in [2.24, 2.45) is 0 Å². The van der Waals surface area contributed by atoms with Crippen molar-refractivity contribution in [1.29, 1.82) is 0 Å². The van der Waals surface area contributed by atoms with E-state index in [1.165, 1.54) is 18.5 Å². The van der Waals surface area contributed by atoms with Gasteiger partial charge >= 0.3 is 0 Å². The fourth-order valence-corrected chi connectivity index (χ4v) is 3.62. The van der Waals surface area contributed by atoms with Gasteiger partial charge in [-0.15, -0.1) is 0 Å². The summed E-state index contributed by atoms with van der Waals surface area (Å²) in [5.74, 6) is 0.669. The Labute approximate surface area is 132 Å². The van der Waals surface area contributed by atoms with Gasteiger partial charge in [-0.25, -0.2) is 8.42 Å². The molecule has 1 aromatic heterocycles. The van der Waals surface area contributed by atoms with Gasteiger partial charge in [-0.2, -0.15) is 0 Å². The van der Waals surface area contributed by atoms with Crippen LogP contribution in [0.25, 0.3) is 0 Å². The van der Waals surface area contributed by atoms with Gasteiger partial charge in [-0.1, -0.05) is 6.07 Å². The van der Waals surface area contributed by atoms with Crippen LogP contribution < -0.4 is 9.46 Å². The van der Waals surface area contributed by atoms with E-state index < -0.39 is 10.0 Å². The van der Waals surface area contributed by atoms with E-state index in [1.807, 2.05) is 19.9 Å². The van der Waals surface area contributed by atoms with E-state index >= 15 is 0 Å². The summed E-state index contributed by atoms with van der Waals surface area (Å²) in [6, 6.07) is 5.02. The Morgan fingerprint density at radius 2 is 1.95 bits per heavy atom. The SMILES string of the molecule is COc1c(C)ccc(NS(=O)(=O)c2cncc(Br)c2)c1C. The molecular weight excluding hydrogens is 356 g/mol. The van der Waals surface area contributed by atoms with Crippen LogP contribution in [0.1, 0.15) is 11.1 Å². The maximum absolute atomic E-state index is 12.4. The number of aromatic nitrogens is 1. The van der Waals surface area contributed by atoms with Crippen LogP contribution in [-0.4, -0.2) is 20.5 Å². The minimum absolute atomic E-state index is 0.0933. The van der Waals surface area contributed by atoms with Crippen molar-refractivity contribution >= 4 is 31.6 Å². The zero-order valence-electron chi connectivity index (χ0n) is 11.8. The Kier molecular flexibility index (Phi) is 4.53. The van der Waals surface area contributed by atoms with Crippen LogP contribution in [0.3, 0.4) is 0 Å². The molecule has 2 rings (SSSR count). The second kappa shape index (κ2) is 6.03. The maximum atomic E-state index is 12.4. The number of hydrogen-bond donors (Lipinski definition) is 1. The van der Waals surface area contributed by atoms with Crippen molar-refractivity contribution in [3.8, 4) is 5.75 Å². The number of nitrogens with one attached hydrogen (secondary N) is 1. The molecule has 0 aliphatic heterocycles. The first kappa shape index (κ1) is 15.8. The molecule has 0 bridgehead atoms. The van der Waals surface area contributed by atoms with Gasteiger partial charge in [0.15, 0.2) is 0 Å². The van der Waals surface area contributed by atoms with Crippen LogP contribution in [-0.2, 0) is 10.0 Å². The van der Waals surface area contributed by atoms with Gasteiger partial charge in [0.2, 0.25) is 0 Å². The number of hydrogen-bond acceptors (Lipinski definition) is 4. The summed E-state index contributed by atoms with van der Waals surface area (Å²) < 4.78 is 33.2. The minimum Gasteiger partial charge on any atom is -0.496 e. The van der Waals surface area contributed by atoms with Gasteiger partial charge in [-0.3, -0.25) is 9.71 Å². The zero-order chi connectivity index (χ0) is 15.6. The van der Waals surface area contributed by atoms with Gasteiger partial charge in [0.05, 0.1) is 12.8 Å². The summed E-state index contributed by atoms with van der Waals surface area (Å²) in [5, 5.41) is 0. The van der Waals surface area contributed by atoms with Crippen molar-refractivity contribution in [2.75, 3.05) is 11.8 Å².